The number of rotatable bonds is 8. The molecule has 0 aliphatic carbocycles. The van der Waals surface area contributed by atoms with Crippen LogP contribution in [0.1, 0.15) is 22.3 Å². The zero-order valence-electron chi connectivity index (χ0n) is 16.0. The average Bonchev–Trinajstić information content (AvgIpc) is 2.73. The third-order valence-electron chi connectivity index (χ3n) is 4.35. The van der Waals surface area contributed by atoms with Gasteiger partial charge in [0.05, 0.1) is 19.3 Å². The summed E-state index contributed by atoms with van der Waals surface area (Å²) in [7, 11) is 1.66. The van der Waals surface area contributed by atoms with Gasteiger partial charge in [0.25, 0.3) is 5.91 Å². The van der Waals surface area contributed by atoms with Crippen molar-refractivity contribution in [2.24, 2.45) is 0 Å². The van der Waals surface area contributed by atoms with Crippen molar-refractivity contribution in [1.82, 2.24) is 0 Å². The summed E-state index contributed by atoms with van der Waals surface area (Å²) >= 11 is 5.90. The number of nitrogens with one attached hydrogen (secondary N) is 1. The van der Waals surface area contributed by atoms with Gasteiger partial charge in [-0.25, -0.2) is 0 Å². The van der Waals surface area contributed by atoms with Gasteiger partial charge in [0, 0.05) is 16.8 Å². The second-order valence-corrected chi connectivity index (χ2v) is 6.84. The van der Waals surface area contributed by atoms with Gasteiger partial charge < -0.3 is 19.9 Å². The Kier molecular flexibility index (Phi) is 6.98. The molecule has 0 aliphatic rings. The number of methoxy groups -OCH3 is 1. The molecule has 150 valence electrons. The molecule has 0 bridgehead atoms. The molecule has 0 aliphatic heterocycles. The van der Waals surface area contributed by atoms with Crippen LogP contribution in [-0.4, -0.2) is 24.7 Å². The molecule has 3 aromatic rings. The molecule has 29 heavy (non-hydrogen) atoms. The van der Waals surface area contributed by atoms with Crippen molar-refractivity contribution in [3.8, 4) is 17.2 Å². The van der Waals surface area contributed by atoms with E-state index in [-0.39, 0.29) is 11.3 Å². The van der Waals surface area contributed by atoms with Crippen LogP contribution < -0.4 is 14.8 Å². The maximum absolute atomic E-state index is 12.4. The van der Waals surface area contributed by atoms with Gasteiger partial charge in [0.2, 0.25) is 0 Å². The van der Waals surface area contributed by atoms with E-state index in [0.29, 0.717) is 23.1 Å². The van der Waals surface area contributed by atoms with Crippen LogP contribution >= 0.6 is 11.6 Å². The fourth-order valence-corrected chi connectivity index (χ4v) is 3.09. The van der Waals surface area contributed by atoms with Gasteiger partial charge in [0.1, 0.15) is 17.2 Å². The normalized spacial score (nSPS) is 10.4. The first-order valence-electron chi connectivity index (χ1n) is 9.21. The number of halogens is 1. The number of carbonyl (C=O) groups excluding carboxylic acids is 1. The highest BCUT2D eigenvalue weighted by atomic mass is 35.5. The van der Waals surface area contributed by atoms with Gasteiger partial charge in [0.15, 0.2) is 0 Å². The van der Waals surface area contributed by atoms with Gasteiger partial charge in [-0.2, -0.15) is 0 Å². The zero-order chi connectivity index (χ0) is 20.6. The quantitative estimate of drug-likeness (QED) is 0.492. The fraction of sp³-hybridized carbons (Fsp3) is 0.174. The number of hydrogen-bond acceptors (Lipinski definition) is 4. The Labute approximate surface area is 174 Å². The minimum absolute atomic E-state index is 0.112. The van der Waals surface area contributed by atoms with Crippen LogP contribution in [-0.2, 0) is 6.42 Å². The first-order chi connectivity index (χ1) is 14.1. The van der Waals surface area contributed by atoms with Crippen molar-refractivity contribution in [2.75, 3.05) is 19.0 Å². The molecule has 0 saturated heterocycles. The maximum atomic E-state index is 12.4. The summed E-state index contributed by atoms with van der Waals surface area (Å²) in [5.74, 6) is 0.952. The lowest BCUT2D eigenvalue weighted by molar-refractivity contribution is 0.102. The van der Waals surface area contributed by atoms with Gasteiger partial charge >= 0.3 is 0 Å². The Morgan fingerprint density at radius 3 is 2.72 bits per heavy atom. The van der Waals surface area contributed by atoms with Crippen LogP contribution in [0.3, 0.4) is 0 Å². The monoisotopic (exact) mass is 411 g/mol. The van der Waals surface area contributed by atoms with Crippen molar-refractivity contribution in [2.45, 2.75) is 12.8 Å². The van der Waals surface area contributed by atoms with E-state index in [4.69, 9.17) is 21.1 Å². The highest BCUT2D eigenvalue weighted by molar-refractivity contribution is 6.31. The Balaban J connectivity index is 1.55. The third-order valence-corrected chi connectivity index (χ3v) is 4.58. The number of carbonyl (C=O) groups is 1. The van der Waals surface area contributed by atoms with E-state index in [0.717, 1.165) is 24.2 Å². The van der Waals surface area contributed by atoms with E-state index >= 15 is 0 Å². The van der Waals surface area contributed by atoms with Gasteiger partial charge in [-0.1, -0.05) is 35.9 Å². The van der Waals surface area contributed by atoms with Crippen LogP contribution in [0.25, 0.3) is 0 Å². The predicted molar refractivity (Wildman–Crippen MR) is 114 cm³/mol. The maximum Gasteiger partial charge on any atom is 0.259 e. The molecule has 6 heteroatoms. The smallest absolute Gasteiger partial charge is 0.259 e. The molecule has 0 radical (unpaired) electrons. The van der Waals surface area contributed by atoms with Crippen molar-refractivity contribution in [3.05, 3.63) is 82.9 Å². The molecule has 2 N–H and O–H groups in total. The fourth-order valence-electron chi connectivity index (χ4n) is 2.91. The van der Waals surface area contributed by atoms with E-state index in [1.165, 1.54) is 18.2 Å². The van der Waals surface area contributed by atoms with Crippen LogP contribution in [0.15, 0.2) is 66.7 Å². The molecule has 0 saturated carbocycles. The number of anilines is 1. The molecule has 0 aromatic heterocycles. The molecule has 0 spiro atoms. The van der Waals surface area contributed by atoms with Crippen molar-refractivity contribution in [1.29, 1.82) is 0 Å². The summed E-state index contributed by atoms with van der Waals surface area (Å²) in [6.45, 7) is 0.532. The second kappa shape index (κ2) is 9.85. The topological polar surface area (TPSA) is 67.8 Å². The number of amides is 1. The lowest BCUT2D eigenvalue weighted by atomic mass is 10.1. The number of para-hydroxylation sites is 1. The van der Waals surface area contributed by atoms with E-state index < -0.39 is 5.91 Å². The summed E-state index contributed by atoms with van der Waals surface area (Å²) in [6.07, 6.45) is 1.67. The van der Waals surface area contributed by atoms with Crippen LogP contribution in [0.4, 0.5) is 5.69 Å². The van der Waals surface area contributed by atoms with Crippen LogP contribution in [0.5, 0.6) is 17.2 Å². The Morgan fingerprint density at radius 1 is 1.07 bits per heavy atom. The highest BCUT2D eigenvalue weighted by Crippen LogP contribution is 2.24. The predicted octanol–water partition coefficient (Wildman–Crippen LogP) is 5.32. The lowest BCUT2D eigenvalue weighted by Crippen LogP contribution is -2.12. The van der Waals surface area contributed by atoms with Gasteiger partial charge in [-0.3, -0.25) is 4.79 Å². The molecule has 0 heterocycles. The van der Waals surface area contributed by atoms with E-state index in [1.54, 1.807) is 25.3 Å². The third kappa shape index (κ3) is 5.65. The number of aromatic hydroxyl groups is 1. The zero-order valence-corrected chi connectivity index (χ0v) is 16.8. The van der Waals surface area contributed by atoms with Crippen molar-refractivity contribution >= 4 is 23.2 Å². The largest absolute Gasteiger partial charge is 0.507 e. The number of phenols is 1. The van der Waals surface area contributed by atoms with E-state index in [1.807, 2.05) is 30.3 Å². The number of aryl methyl sites for hydroxylation is 1. The summed E-state index contributed by atoms with van der Waals surface area (Å²) in [6, 6.07) is 19.4. The summed E-state index contributed by atoms with van der Waals surface area (Å²) in [5.41, 5.74) is 1.82. The molecule has 3 rings (SSSR count). The SMILES string of the molecule is COc1ccccc1CCCOc1cccc(NC(=O)c2cc(Cl)ccc2O)c1. The number of ether oxygens (including phenoxy) is 2. The second-order valence-electron chi connectivity index (χ2n) is 6.41. The van der Waals surface area contributed by atoms with E-state index in [9.17, 15) is 9.90 Å². The Bertz CT molecular complexity index is 990. The Hall–Kier alpha value is -3.18. The molecule has 0 atom stereocenters. The van der Waals surface area contributed by atoms with Crippen molar-refractivity contribution in [3.63, 3.8) is 0 Å². The summed E-state index contributed by atoms with van der Waals surface area (Å²) in [4.78, 5) is 12.4. The summed E-state index contributed by atoms with van der Waals surface area (Å²) < 4.78 is 11.2. The minimum Gasteiger partial charge on any atom is -0.507 e. The molecular formula is C23H22ClNO4. The average molecular weight is 412 g/mol. The molecule has 3 aromatic carbocycles. The van der Waals surface area contributed by atoms with Gasteiger partial charge in [-0.05, 0) is 54.8 Å². The number of benzene rings is 3. The summed E-state index contributed by atoms with van der Waals surface area (Å²) in [5, 5.41) is 13.0. The molecular weight excluding hydrogens is 390 g/mol. The lowest BCUT2D eigenvalue weighted by Gasteiger charge is -2.11. The van der Waals surface area contributed by atoms with Crippen molar-refractivity contribution < 1.29 is 19.4 Å². The molecule has 0 fully saturated rings. The first kappa shape index (κ1) is 20.6. The number of hydrogen-bond donors (Lipinski definition) is 2. The standard InChI is InChI=1S/C23H22ClNO4/c1-28-22-10-3-2-6-16(22)7-5-13-29-19-9-4-8-18(15-19)25-23(27)20-14-17(24)11-12-21(20)26/h2-4,6,8-12,14-15,26H,5,7,13H2,1H3,(H,25,27). The highest BCUT2D eigenvalue weighted by Gasteiger charge is 2.12. The van der Waals surface area contributed by atoms with E-state index in [2.05, 4.69) is 5.32 Å². The first-order valence-corrected chi connectivity index (χ1v) is 9.59. The van der Waals surface area contributed by atoms with Gasteiger partial charge in [-0.15, -0.1) is 0 Å². The molecule has 5 nitrogen and oxygen atoms in total. The Morgan fingerprint density at radius 2 is 1.90 bits per heavy atom. The van der Waals surface area contributed by atoms with Crippen LogP contribution in [0, 0.1) is 0 Å². The van der Waals surface area contributed by atoms with Crippen LogP contribution in [0.2, 0.25) is 5.02 Å². The number of phenolic OH excluding ortho intramolecular Hbond substituents is 1. The molecule has 0 unspecified atom stereocenters. The minimum atomic E-state index is -0.446. The molecule has 1 amide bonds.